The second-order valence-electron chi connectivity index (χ2n) is 7.85. The maximum absolute atomic E-state index is 12.3. The molecule has 0 radical (unpaired) electrons. The number of aryl methyl sites for hydroxylation is 1. The van der Waals surface area contributed by atoms with Gasteiger partial charge in [-0.1, -0.05) is 31.5 Å². The van der Waals surface area contributed by atoms with Crippen LogP contribution < -0.4 is 10.6 Å². The van der Waals surface area contributed by atoms with Gasteiger partial charge in [0.1, 0.15) is 17.8 Å². The molecule has 142 valence electrons. The number of fused-ring (bicyclic) bond motifs is 1. The normalized spacial score (nSPS) is 26.4. The SMILES string of the molecule is CC1(C)CCc2occc2[C@@H]1NC1C(=O)C(=O)C1Nc1cccc(Cl)c1O. The summed E-state index contributed by atoms with van der Waals surface area (Å²) in [7, 11) is 0. The molecule has 1 heterocycles. The molecule has 0 bridgehead atoms. The number of furan rings is 1. The zero-order chi connectivity index (χ0) is 19.3. The van der Waals surface area contributed by atoms with Gasteiger partial charge in [0.25, 0.3) is 0 Å². The number of carbonyl (C=O) groups is 2. The van der Waals surface area contributed by atoms with Gasteiger partial charge in [-0.3, -0.25) is 14.9 Å². The van der Waals surface area contributed by atoms with Crippen molar-refractivity contribution >= 4 is 28.9 Å². The van der Waals surface area contributed by atoms with E-state index in [0.29, 0.717) is 5.69 Å². The zero-order valence-corrected chi connectivity index (χ0v) is 15.8. The first-order chi connectivity index (χ1) is 12.8. The van der Waals surface area contributed by atoms with Crippen molar-refractivity contribution in [3.8, 4) is 5.75 Å². The molecule has 0 aliphatic heterocycles. The van der Waals surface area contributed by atoms with E-state index in [1.807, 2.05) is 6.07 Å². The van der Waals surface area contributed by atoms with Crippen molar-refractivity contribution in [2.75, 3.05) is 5.32 Å². The Balaban J connectivity index is 1.59. The van der Waals surface area contributed by atoms with Gasteiger partial charge >= 0.3 is 0 Å². The fraction of sp³-hybridized carbons (Fsp3) is 0.400. The Labute approximate surface area is 161 Å². The molecule has 1 saturated carbocycles. The number of ketones is 2. The largest absolute Gasteiger partial charge is 0.504 e. The fourth-order valence-electron chi connectivity index (χ4n) is 3.94. The van der Waals surface area contributed by atoms with Crippen LogP contribution in [0.5, 0.6) is 5.75 Å². The predicted molar refractivity (Wildman–Crippen MR) is 101 cm³/mol. The van der Waals surface area contributed by atoms with E-state index in [-0.39, 0.29) is 22.2 Å². The summed E-state index contributed by atoms with van der Waals surface area (Å²) in [5, 5.41) is 16.6. The smallest absolute Gasteiger partial charge is 0.224 e. The number of halogens is 1. The molecule has 0 spiro atoms. The van der Waals surface area contributed by atoms with Crippen LogP contribution in [0.25, 0.3) is 0 Å². The van der Waals surface area contributed by atoms with E-state index in [2.05, 4.69) is 24.5 Å². The summed E-state index contributed by atoms with van der Waals surface area (Å²) < 4.78 is 5.56. The van der Waals surface area contributed by atoms with E-state index in [4.69, 9.17) is 16.0 Å². The molecule has 2 aliphatic carbocycles. The monoisotopic (exact) mass is 388 g/mol. The first kappa shape index (κ1) is 18.1. The predicted octanol–water partition coefficient (Wildman–Crippen LogP) is 3.24. The lowest BCUT2D eigenvalue weighted by atomic mass is 9.71. The molecule has 1 fully saturated rings. The first-order valence-electron chi connectivity index (χ1n) is 8.94. The highest BCUT2D eigenvalue weighted by Gasteiger charge is 2.52. The van der Waals surface area contributed by atoms with Crippen LogP contribution >= 0.6 is 11.6 Å². The van der Waals surface area contributed by atoms with Crippen molar-refractivity contribution in [1.82, 2.24) is 5.32 Å². The van der Waals surface area contributed by atoms with Gasteiger partial charge in [0.15, 0.2) is 5.75 Å². The average molecular weight is 389 g/mol. The van der Waals surface area contributed by atoms with Crippen LogP contribution in [0.15, 0.2) is 34.9 Å². The number of nitrogens with one attached hydrogen (secondary N) is 2. The molecule has 1 aromatic heterocycles. The minimum Gasteiger partial charge on any atom is -0.504 e. The van der Waals surface area contributed by atoms with Crippen LogP contribution in [0.4, 0.5) is 5.69 Å². The number of phenolic OH excluding ortho intramolecular Hbond substituents is 1. The van der Waals surface area contributed by atoms with Gasteiger partial charge in [0.05, 0.1) is 17.0 Å². The van der Waals surface area contributed by atoms with E-state index in [1.165, 1.54) is 0 Å². The molecule has 27 heavy (non-hydrogen) atoms. The number of rotatable bonds is 4. The molecular weight excluding hydrogens is 368 g/mol. The van der Waals surface area contributed by atoms with E-state index >= 15 is 0 Å². The second-order valence-corrected chi connectivity index (χ2v) is 8.26. The Bertz CT molecular complexity index is 920. The van der Waals surface area contributed by atoms with Gasteiger partial charge in [-0.25, -0.2) is 0 Å². The summed E-state index contributed by atoms with van der Waals surface area (Å²) in [5.74, 6) is -0.185. The third kappa shape index (κ3) is 2.93. The minimum atomic E-state index is -0.755. The molecule has 2 aromatic rings. The number of carbonyl (C=O) groups excluding carboxylic acids is 2. The van der Waals surface area contributed by atoms with Crippen molar-refractivity contribution in [1.29, 1.82) is 0 Å². The number of Topliss-reactive ketones (excluding diaryl/α,β-unsaturated/α-hetero) is 2. The summed E-state index contributed by atoms with van der Waals surface area (Å²) in [5.41, 5.74) is 1.26. The molecule has 7 heteroatoms. The Morgan fingerprint density at radius 1 is 1.19 bits per heavy atom. The van der Waals surface area contributed by atoms with E-state index in [0.717, 1.165) is 24.2 Å². The maximum atomic E-state index is 12.3. The Morgan fingerprint density at radius 2 is 1.93 bits per heavy atom. The summed E-state index contributed by atoms with van der Waals surface area (Å²) in [6.07, 6.45) is 3.42. The second kappa shape index (κ2) is 6.39. The van der Waals surface area contributed by atoms with E-state index < -0.39 is 23.7 Å². The van der Waals surface area contributed by atoms with E-state index in [9.17, 15) is 14.7 Å². The zero-order valence-electron chi connectivity index (χ0n) is 15.1. The quantitative estimate of drug-likeness (QED) is 0.550. The lowest BCUT2D eigenvalue weighted by Crippen LogP contribution is -2.68. The standard InChI is InChI=1S/C20H21ClN2O4/c1-20(2)8-6-13-10(7-9-27-13)19(20)23-15-14(17(25)18(15)26)22-12-5-3-4-11(21)16(12)24/h3-5,7,9,14-15,19,22-24H,6,8H2,1-2H3/t14?,15?,19-/m0/s1. The number of benzene rings is 1. The van der Waals surface area contributed by atoms with Crippen molar-refractivity contribution in [2.24, 2.45) is 5.41 Å². The van der Waals surface area contributed by atoms with Crippen molar-refractivity contribution in [3.05, 3.63) is 46.9 Å². The third-order valence-corrected chi connectivity index (χ3v) is 5.96. The Kier molecular flexibility index (Phi) is 4.28. The molecule has 0 saturated heterocycles. The lowest BCUT2D eigenvalue weighted by Gasteiger charge is -2.44. The number of anilines is 1. The van der Waals surface area contributed by atoms with Gasteiger partial charge in [-0.05, 0) is 30.0 Å². The van der Waals surface area contributed by atoms with Crippen LogP contribution in [0.3, 0.4) is 0 Å². The van der Waals surface area contributed by atoms with Gasteiger partial charge in [-0.2, -0.15) is 0 Å². The maximum Gasteiger partial charge on any atom is 0.224 e. The van der Waals surface area contributed by atoms with Crippen molar-refractivity contribution < 1.29 is 19.1 Å². The van der Waals surface area contributed by atoms with Crippen LogP contribution in [-0.4, -0.2) is 28.8 Å². The lowest BCUT2D eigenvalue weighted by molar-refractivity contribution is -0.146. The molecule has 2 aliphatic rings. The highest BCUT2D eigenvalue weighted by Crippen LogP contribution is 2.45. The Morgan fingerprint density at radius 3 is 2.70 bits per heavy atom. The summed E-state index contributed by atoms with van der Waals surface area (Å²) in [4.78, 5) is 24.5. The average Bonchev–Trinajstić information content (AvgIpc) is 3.10. The highest BCUT2D eigenvalue weighted by atomic mass is 35.5. The topological polar surface area (TPSA) is 91.6 Å². The number of phenols is 1. The molecule has 3 atom stereocenters. The van der Waals surface area contributed by atoms with Gasteiger partial charge in [0.2, 0.25) is 11.6 Å². The number of hydrogen-bond acceptors (Lipinski definition) is 6. The molecular formula is C20H21ClN2O4. The minimum absolute atomic E-state index is 0.0987. The number of para-hydroxylation sites is 1. The summed E-state index contributed by atoms with van der Waals surface area (Å²) in [6.45, 7) is 4.27. The van der Waals surface area contributed by atoms with Gasteiger partial charge in [-0.15, -0.1) is 0 Å². The van der Waals surface area contributed by atoms with Crippen LogP contribution in [0.1, 0.15) is 37.6 Å². The van der Waals surface area contributed by atoms with Crippen molar-refractivity contribution in [3.63, 3.8) is 0 Å². The molecule has 1 aromatic carbocycles. The van der Waals surface area contributed by atoms with Crippen LogP contribution in [-0.2, 0) is 16.0 Å². The Hall–Kier alpha value is -2.31. The molecule has 2 unspecified atom stereocenters. The molecule has 6 nitrogen and oxygen atoms in total. The molecule has 3 N–H and O–H groups in total. The first-order valence-corrected chi connectivity index (χ1v) is 9.32. The van der Waals surface area contributed by atoms with Crippen LogP contribution in [0.2, 0.25) is 5.02 Å². The highest BCUT2D eigenvalue weighted by molar-refractivity contribution is 6.49. The fourth-order valence-corrected chi connectivity index (χ4v) is 4.11. The summed E-state index contributed by atoms with van der Waals surface area (Å²) in [6, 6.07) is 5.21. The van der Waals surface area contributed by atoms with Crippen molar-refractivity contribution in [2.45, 2.75) is 44.8 Å². The van der Waals surface area contributed by atoms with Gasteiger partial charge in [0, 0.05) is 18.0 Å². The number of aromatic hydroxyl groups is 1. The van der Waals surface area contributed by atoms with Crippen LogP contribution in [0, 0.1) is 5.41 Å². The van der Waals surface area contributed by atoms with Gasteiger partial charge < -0.3 is 14.8 Å². The number of hydrogen-bond donors (Lipinski definition) is 3. The summed E-state index contributed by atoms with van der Waals surface area (Å²) >= 11 is 5.93. The molecule has 4 rings (SSSR count). The third-order valence-electron chi connectivity index (χ3n) is 5.65. The molecule has 0 amide bonds. The van der Waals surface area contributed by atoms with E-state index in [1.54, 1.807) is 24.5 Å².